The summed E-state index contributed by atoms with van der Waals surface area (Å²) in [6.45, 7) is 5.49. The van der Waals surface area contributed by atoms with Crippen molar-refractivity contribution >= 4 is 0 Å². The number of aryl methyl sites for hydroxylation is 1. The van der Waals surface area contributed by atoms with Gasteiger partial charge in [0.1, 0.15) is 0 Å². The van der Waals surface area contributed by atoms with E-state index in [1.807, 2.05) is 26.1 Å². The van der Waals surface area contributed by atoms with Gasteiger partial charge in [-0.3, -0.25) is 4.98 Å². The average Bonchev–Trinajstić information content (AvgIpc) is 2.20. The van der Waals surface area contributed by atoms with Crippen molar-refractivity contribution in [2.45, 2.75) is 20.4 Å². The predicted octanol–water partition coefficient (Wildman–Crippen LogP) is 1.64. The summed E-state index contributed by atoms with van der Waals surface area (Å²) < 4.78 is 0. The number of nitriles is 1. The quantitative estimate of drug-likeness (QED) is 0.783. The lowest BCUT2D eigenvalue weighted by molar-refractivity contribution is 0.600. The summed E-state index contributed by atoms with van der Waals surface area (Å²) >= 11 is 0. The van der Waals surface area contributed by atoms with E-state index in [0.717, 1.165) is 13.1 Å². The highest BCUT2D eigenvalue weighted by Crippen LogP contribution is 2.04. The van der Waals surface area contributed by atoms with Crippen LogP contribution in [0.1, 0.15) is 18.1 Å². The minimum atomic E-state index is 0.0668. The summed E-state index contributed by atoms with van der Waals surface area (Å²) in [6, 6.07) is 4.19. The van der Waals surface area contributed by atoms with Crippen molar-refractivity contribution in [1.82, 2.24) is 10.3 Å². The van der Waals surface area contributed by atoms with Crippen LogP contribution in [0.5, 0.6) is 0 Å². The molecule has 74 valence electrons. The molecule has 1 rings (SSSR count). The molecule has 0 aromatic carbocycles. The number of nitrogens with one attached hydrogen (secondary N) is 1. The van der Waals surface area contributed by atoms with Crippen LogP contribution in [-0.4, -0.2) is 11.5 Å². The van der Waals surface area contributed by atoms with Gasteiger partial charge in [0.2, 0.25) is 0 Å². The van der Waals surface area contributed by atoms with Crippen LogP contribution in [0.25, 0.3) is 0 Å². The maximum absolute atomic E-state index is 8.59. The Labute approximate surface area is 84.8 Å². The molecule has 0 spiro atoms. The van der Waals surface area contributed by atoms with Gasteiger partial charge in [0.05, 0.1) is 12.0 Å². The Balaban J connectivity index is 2.40. The topological polar surface area (TPSA) is 48.7 Å². The van der Waals surface area contributed by atoms with Crippen molar-refractivity contribution in [3.8, 4) is 6.07 Å². The maximum Gasteiger partial charge on any atom is 0.0666 e. The fourth-order valence-corrected chi connectivity index (χ4v) is 1.17. The van der Waals surface area contributed by atoms with Crippen LogP contribution in [0.15, 0.2) is 18.5 Å². The lowest BCUT2D eigenvalue weighted by atomic mass is 10.1. The van der Waals surface area contributed by atoms with E-state index in [4.69, 9.17) is 5.26 Å². The zero-order valence-electron chi connectivity index (χ0n) is 8.62. The molecular formula is C11H15N3. The molecule has 0 aliphatic heterocycles. The van der Waals surface area contributed by atoms with Gasteiger partial charge in [-0.2, -0.15) is 5.26 Å². The molecule has 0 radical (unpaired) electrons. The van der Waals surface area contributed by atoms with Crippen LogP contribution in [0.2, 0.25) is 0 Å². The molecule has 1 unspecified atom stereocenters. The van der Waals surface area contributed by atoms with E-state index in [2.05, 4.69) is 16.4 Å². The predicted molar refractivity (Wildman–Crippen MR) is 55.5 cm³/mol. The van der Waals surface area contributed by atoms with Gasteiger partial charge in [0, 0.05) is 25.5 Å². The smallest absolute Gasteiger partial charge is 0.0666 e. The number of rotatable bonds is 4. The first-order chi connectivity index (χ1) is 6.74. The van der Waals surface area contributed by atoms with Crippen molar-refractivity contribution in [3.05, 3.63) is 29.6 Å². The molecule has 0 aliphatic carbocycles. The largest absolute Gasteiger partial charge is 0.311 e. The number of aromatic nitrogens is 1. The first-order valence-corrected chi connectivity index (χ1v) is 4.74. The minimum Gasteiger partial charge on any atom is -0.311 e. The molecule has 0 bridgehead atoms. The Morgan fingerprint density at radius 1 is 1.64 bits per heavy atom. The molecule has 1 aromatic heterocycles. The van der Waals surface area contributed by atoms with Gasteiger partial charge in [-0.25, -0.2) is 0 Å². The fraction of sp³-hybridized carbons (Fsp3) is 0.455. The lowest BCUT2D eigenvalue weighted by Gasteiger charge is -2.07. The summed E-state index contributed by atoms with van der Waals surface area (Å²) in [5.74, 6) is 0.0668. The second-order valence-electron chi connectivity index (χ2n) is 3.46. The molecule has 1 aromatic rings. The van der Waals surface area contributed by atoms with E-state index in [9.17, 15) is 0 Å². The van der Waals surface area contributed by atoms with Gasteiger partial charge in [-0.15, -0.1) is 0 Å². The maximum atomic E-state index is 8.59. The third kappa shape index (κ3) is 3.15. The highest BCUT2D eigenvalue weighted by Gasteiger charge is 2.00. The van der Waals surface area contributed by atoms with Crippen molar-refractivity contribution in [3.63, 3.8) is 0 Å². The Hall–Kier alpha value is -1.40. The van der Waals surface area contributed by atoms with E-state index in [1.54, 1.807) is 6.20 Å². The number of pyridine rings is 1. The molecule has 1 heterocycles. The molecule has 1 atom stereocenters. The molecule has 14 heavy (non-hydrogen) atoms. The van der Waals surface area contributed by atoms with Crippen LogP contribution in [0.4, 0.5) is 0 Å². The number of hydrogen-bond donors (Lipinski definition) is 1. The summed E-state index contributed by atoms with van der Waals surface area (Å²) in [6.07, 6.45) is 3.64. The molecule has 0 fully saturated rings. The molecule has 0 saturated carbocycles. The normalized spacial score (nSPS) is 12.1. The van der Waals surface area contributed by atoms with E-state index in [-0.39, 0.29) is 5.92 Å². The fourth-order valence-electron chi connectivity index (χ4n) is 1.17. The molecule has 3 nitrogen and oxygen atoms in total. The van der Waals surface area contributed by atoms with Gasteiger partial charge in [-0.05, 0) is 31.0 Å². The molecule has 0 saturated heterocycles. The Bertz CT molecular complexity index is 328. The second-order valence-corrected chi connectivity index (χ2v) is 3.46. The zero-order valence-corrected chi connectivity index (χ0v) is 8.62. The summed E-state index contributed by atoms with van der Waals surface area (Å²) in [5.41, 5.74) is 2.43. The van der Waals surface area contributed by atoms with Gasteiger partial charge in [0.15, 0.2) is 0 Å². The summed E-state index contributed by atoms with van der Waals surface area (Å²) in [7, 11) is 0. The lowest BCUT2D eigenvalue weighted by Crippen LogP contribution is -2.20. The first kappa shape index (κ1) is 10.7. The first-order valence-electron chi connectivity index (χ1n) is 4.74. The Morgan fingerprint density at radius 3 is 3.07 bits per heavy atom. The van der Waals surface area contributed by atoms with Crippen molar-refractivity contribution in [2.24, 2.45) is 5.92 Å². The number of nitrogens with zero attached hydrogens (tertiary/aromatic N) is 2. The highest BCUT2D eigenvalue weighted by atomic mass is 14.9. The third-order valence-corrected chi connectivity index (χ3v) is 2.12. The number of hydrogen-bond acceptors (Lipinski definition) is 3. The molecule has 0 amide bonds. The monoisotopic (exact) mass is 189 g/mol. The Morgan fingerprint density at radius 2 is 2.43 bits per heavy atom. The highest BCUT2D eigenvalue weighted by molar-refractivity contribution is 5.21. The van der Waals surface area contributed by atoms with Crippen molar-refractivity contribution < 1.29 is 0 Å². The second kappa shape index (κ2) is 5.36. The van der Waals surface area contributed by atoms with Gasteiger partial charge in [-0.1, -0.05) is 0 Å². The molecule has 3 heteroatoms. The average molecular weight is 189 g/mol. The van der Waals surface area contributed by atoms with E-state index >= 15 is 0 Å². The summed E-state index contributed by atoms with van der Waals surface area (Å²) in [5, 5.41) is 11.8. The minimum absolute atomic E-state index is 0.0668. The van der Waals surface area contributed by atoms with Gasteiger partial charge >= 0.3 is 0 Å². The molecular weight excluding hydrogens is 174 g/mol. The van der Waals surface area contributed by atoms with Crippen LogP contribution < -0.4 is 5.32 Å². The van der Waals surface area contributed by atoms with Crippen LogP contribution in [0.3, 0.4) is 0 Å². The Kier molecular flexibility index (Phi) is 4.09. The molecule has 0 aliphatic rings. The van der Waals surface area contributed by atoms with Gasteiger partial charge < -0.3 is 5.32 Å². The molecule has 1 N–H and O–H groups in total. The zero-order chi connectivity index (χ0) is 10.4. The van der Waals surface area contributed by atoms with E-state index < -0.39 is 0 Å². The van der Waals surface area contributed by atoms with Crippen LogP contribution in [-0.2, 0) is 6.54 Å². The third-order valence-electron chi connectivity index (χ3n) is 2.12. The van der Waals surface area contributed by atoms with Crippen molar-refractivity contribution in [1.29, 1.82) is 5.26 Å². The van der Waals surface area contributed by atoms with E-state index in [0.29, 0.717) is 0 Å². The standard InChI is InChI=1S/C11H15N3/c1-9(5-12)6-14-8-11-3-4-13-7-10(11)2/h3-4,7,9,14H,6,8H2,1-2H3. The van der Waals surface area contributed by atoms with Gasteiger partial charge in [0.25, 0.3) is 0 Å². The van der Waals surface area contributed by atoms with Crippen LogP contribution >= 0.6 is 0 Å². The van der Waals surface area contributed by atoms with Crippen LogP contribution in [0, 0.1) is 24.2 Å². The summed E-state index contributed by atoms with van der Waals surface area (Å²) in [4.78, 5) is 4.02. The van der Waals surface area contributed by atoms with E-state index in [1.165, 1.54) is 11.1 Å². The van der Waals surface area contributed by atoms with Crippen molar-refractivity contribution in [2.75, 3.05) is 6.54 Å². The SMILES string of the molecule is Cc1cnccc1CNCC(C)C#N.